The van der Waals surface area contributed by atoms with Gasteiger partial charge in [0.25, 0.3) is 0 Å². The molecule has 2 heteroatoms. The zero-order valence-electron chi connectivity index (χ0n) is 6.21. The second kappa shape index (κ2) is 3.14. The summed E-state index contributed by atoms with van der Waals surface area (Å²) in [6.07, 6.45) is 4.77. The van der Waals surface area contributed by atoms with E-state index in [4.69, 9.17) is 4.74 Å². The molecule has 0 N–H and O–H groups in total. The fraction of sp³-hybridized carbons (Fsp3) is 1.00. The smallest absolute Gasteiger partial charge is 0.0633 e. The highest BCUT2D eigenvalue weighted by Crippen LogP contribution is 2.31. The van der Waals surface area contributed by atoms with Crippen molar-refractivity contribution < 1.29 is 4.74 Å². The van der Waals surface area contributed by atoms with Crippen LogP contribution in [0, 0.1) is 5.92 Å². The second-order valence-electron chi connectivity index (χ2n) is 3.18. The lowest BCUT2D eigenvalue weighted by molar-refractivity contribution is -0.118. The topological polar surface area (TPSA) is 9.23 Å². The molecule has 58 valence electrons. The highest BCUT2D eigenvalue weighted by molar-refractivity contribution is 7.99. The largest absolute Gasteiger partial charge is 0.377 e. The number of thioether (sulfide) groups is 1. The molecule has 2 aliphatic rings. The molecular formula is C8H14OS. The quantitative estimate of drug-likeness (QED) is 0.532. The Morgan fingerprint density at radius 2 is 2.20 bits per heavy atom. The molecule has 0 aromatic rings. The van der Waals surface area contributed by atoms with Crippen molar-refractivity contribution in [3.8, 4) is 0 Å². The molecule has 2 fully saturated rings. The summed E-state index contributed by atoms with van der Waals surface area (Å²) < 4.78 is 5.46. The van der Waals surface area contributed by atoms with Crippen molar-refractivity contribution in [1.29, 1.82) is 0 Å². The summed E-state index contributed by atoms with van der Waals surface area (Å²) in [4.78, 5) is 0. The number of ether oxygens (including phenoxy) is 1. The highest BCUT2D eigenvalue weighted by atomic mass is 32.2. The van der Waals surface area contributed by atoms with E-state index in [2.05, 4.69) is 11.8 Å². The summed E-state index contributed by atoms with van der Waals surface area (Å²) in [5.74, 6) is 3.63. The van der Waals surface area contributed by atoms with Crippen LogP contribution in [0.15, 0.2) is 0 Å². The molecule has 2 atom stereocenters. The summed E-state index contributed by atoms with van der Waals surface area (Å²) in [5.41, 5.74) is 0. The molecule has 0 saturated carbocycles. The lowest BCUT2D eigenvalue weighted by Crippen LogP contribution is -2.40. The minimum atomic E-state index is 0.646. The summed E-state index contributed by atoms with van der Waals surface area (Å²) in [6.45, 7) is 1.05. The monoisotopic (exact) mass is 158 g/mol. The number of fused-ring (bicyclic) bond motifs is 1. The Morgan fingerprint density at radius 1 is 1.20 bits per heavy atom. The summed E-state index contributed by atoms with van der Waals surface area (Å²) in [7, 11) is 0. The third kappa shape index (κ3) is 1.32. The average Bonchev–Trinajstić information content (AvgIpc) is 1.89. The fourth-order valence-electron chi connectivity index (χ4n) is 1.71. The molecule has 1 nitrogen and oxygen atoms in total. The highest BCUT2D eigenvalue weighted by Gasteiger charge is 2.31. The van der Waals surface area contributed by atoms with Gasteiger partial charge in [-0.25, -0.2) is 0 Å². The van der Waals surface area contributed by atoms with E-state index in [0.717, 1.165) is 12.5 Å². The minimum Gasteiger partial charge on any atom is -0.377 e. The van der Waals surface area contributed by atoms with Crippen molar-refractivity contribution in [2.75, 3.05) is 18.1 Å². The first kappa shape index (κ1) is 6.99. The van der Waals surface area contributed by atoms with E-state index in [1.807, 2.05) is 0 Å². The Labute approximate surface area is 66.5 Å². The number of hydrogen-bond acceptors (Lipinski definition) is 2. The first-order chi connectivity index (χ1) is 4.97. The molecule has 0 amide bonds. The van der Waals surface area contributed by atoms with E-state index in [9.17, 15) is 0 Å². The van der Waals surface area contributed by atoms with Crippen LogP contribution in [-0.4, -0.2) is 24.2 Å². The van der Waals surface area contributed by atoms with Gasteiger partial charge in [0.15, 0.2) is 0 Å². The van der Waals surface area contributed by atoms with Gasteiger partial charge in [-0.3, -0.25) is 0 Å². The summed E-state index contributed by atoms with van der Waals surface area (Å²) >= 11 is 2.09. The Kier molecular flexibility index (Phi) is 2.19. The van der Waals surface area contributed by atoms with Gasteiger partial charge < -0.3 is 4.74 Å². The Morgan fingerprint density at radius 3 is 3.00 bits per heavy atom. The van der Waals surface area contributed by atoms with E-state index in [0.29, 0.717) is 6.10 Å². The third-order valence-electron chi connectivity index (χ3n) is 2.46. The maximum atomic E-state index is 5.46. The minimum absolute atomic E-state index is 0.646. The van der Waals surface area contributed by atoms with Gasteiger partial charge in [0.05, 0.1) is 12.7 Å². The van der Waals surface area contributed by atoms with E-state index in [1.165, 1.54) is 30.8 Å². The van der Waals surface area contributed by atoms with Gasteiger partial charge in [0.1, 0.15) is 0 Å². The lowest BCUT2D eigenvalue weighted by atomic mass is 9.91. The van der Waals surface area contributed by atoms with Crippen molar-refractivity contribution in [2.45, 2.75) is 25.4 Å². The van der Waals surface area contributed by atoms with Crippen LogP contribution in [0.1, 0.15) is 19.3 Å². The predicted octanol–water partition coefficient (Wildman–Crippen LogP) is 1.92. The van der Waals surface area contributed by atoms with Gasteiger partial charge in [-0.15, -0.1) is 0 Å². The van der Waals surface area contributed by atoms with Crippen LogP contribution >= 0.6 is 11.8 Å². The normalized spacial score (nSPS) is 40.8. The van der Waals surface area contributed by atoms with Gasteiger partial charge in [-0.2, -0.15) is 11.8 Å². The lowest BCUT2D eigenvalue weighted by Gasteiger charge is -2.38. The van der Waals surface area contributed by atoms with Gasteiger partial charge in [-0.1, -0.05) is 0 Å². The molecule has 0 aromatic heterocycles. The summed E-state index contributed by atoms with van der Waals surface area (Å²) in [6, 6.07) is 0. The summed E-state index contributed by atoms with van der Waals surface area (Å²) in [5, 5.41) is 0. The van der Waals surface area contributed by atoms with E-state index in [1.54, 1.807) is 0 Å². The molecule has 2 saturated heterocycles. The van der Waals surface area contributed by atoms with Crippen LogP contribution < -0.4 is 0 Å². The molecule has 2 unspecified atom stereocenters. The first-order valence-electron chi connectivity index (χ1n) is 4.16. The third-order valence-corrected chi connectivity index (χ3v) is 3.56. The van der Waals surface area contributed by atoms with Crippen LogP contribution in [0.3, 0.4) is 0 Å². The van der Waals surface area contributed by atoms with E-state index in [-0.39, 0.29) is 0 Å². The van der Waals surface area contributed by atoms with Crippen LogP contribution in [0.25, 0.3) is 0 Å². The van der Waals surface area contributed by atoms with Crippen LogP contribution in [0.5, 0.6) is 0 Å². The van der Waals surface area contributed by atoms with Crippen molar-refractivity contribution in [2.24, 2.45) is 5.92 Å². The molecule has 10 heavy (non-hydrogen) atoms. The van der Waals surface area contributed by atoms with Gasteiger partial charge >= 0.3 is 0 Å². The zero-order chi connectivity index (χ0) is 6.81. The maximum Gasteiger partial charge on any atom is 0.0633 e. The number of hydrogen-bond donors (Lipinski definition) is 0. The van der Waals surface area contributed by atoms with Crippen molar-refractivity contribution in [3.63, 3.8) is 0 Å². The second-order valence-corrected chi connectivity index (χ2v) is 4.40. The Hall–Kier alpha value is 0.310. The molecule has 0 bridgehead atoms. The number of rotatable bonds is 0. The van der Waals surface area contributed by atoms with Crippen molar-refractivity contribution in [1.82, 2.24) is 0 Å². The van der Waals surface area contributed by atoms with Crippen LogP contribution in [0.2, 0.25) is 0 Å². The van der Waals surface area contributed by atoms with E-state index < -0.39 is 0 Å². The van der Waals surface area contributed by atoms with Crippen LogP contribution in [0.4, 0.5) is 0 Å². The molecule has 0 spiro atoms. The van der Waals surface area contributed by atoms with Gasteiger partial charge in [-0.05, 0) is 30.8 Å². The van der Waals surface area contributed by atoms with Gasteiger partial charge in [0.2, 0.25) is 0 Å². The molecule has 0 radical (unpaired) electrons. The van der Waals surface area contributed by atoms with Crippen molar-refractivity contribution >= 4 is 11.8 Å². The SMILES string of the molecule is C1CSCCC2OCC2C1. The van der Waals surface area contributed by atoms with Crippen LogP contribution in [-0.2, 0) is 4.74 Å². The average molecular weight is 158 g/mol. The first-order valence-corrected chi connectivity index (χ1v) is 5.31. The molecule has 2 heterocycles. The van der Waals surface area contributed by atoms with Gasteiger partial charge in [0, 0.05) is 5.92 Å². The molecule has 0 aliphatic carbocycles. The zero-order valence-corrected chi connectivity index (χ0v) is 7.03. The Bertz CT molecular complexity index is 102. The molecule has 2 rings (SSSR count). The van der Waals surface area contributed by atoms with E-state index >= 15 is 0 Å². The fourth-order valence-corrected chi connectivity index (χ4v) is 2.68. The molecule has 0 aromatic carbocycles. The standard InChI is InChI=1S/C8H14OS/c1-2-7-6-9-8(7)3-5-10-4-1/h7-8H,1-6H2. The van der Waals surface area contributed by atoms with Crippen molar-refractivity contribution in [3.05, 3.63) is 0 Å². The predicted molar refractivity (Wildman–Crippen MR) is 44.4 cm³/mol. The molecular weight excluding hydrogens is 144 g/mol. The molecule has 2 aliphatic heterocycles. The Balaban J connectivity index is 1.83. The maximum absolute atomic E-state index is 5.46.